The monoisotopic (exact) mass is 364 g/mol. The van der Waals surface area contributed by atoms with Crippen LogP contribution < -0.4 is 4.74 Å². The zero-order chi connectivity index (χ0) is 19.0. The summed E-state index contributed by atoms with van der Waals surface area (Å²) in [6.45, 7) is 0. The predicted molar refractivity (Wildman–Crippen MR) is 118 cm³/mol. The lowest BCUT2D eigenvalue weighted by molar-refractivity contribution is 0.384. The van der Waals surface area contributed by atoms with Crippen LogP contribution in [-0.4, -0.2) is 16.2 Å². The first-order chi connectivity index (χ1) is 13.6. The van der Waals surface area contributed by atoms with E-state index >= 15 is 0 Å². The molecule has 6 rings (SSSR count). The fourth-order valence-electron chi connectivity index (χ4n) is 4.64. The van der Waals surface area contributed by atoms with Crippen molar-refractivity contribution in [1.82, 2.24) is 9.13 Å². The first-order valence-corrected chi connectivity index (χ1v) is 9.52. The third kappa shape index (κ3) is 1.93. The van der Waals surface area contributed by atoms with Crippen molar-refractivity contribution < 1.29 is 4.74 Å². The Bertz CT molecular complexity index is 1570. The van der Waals surface area contributed by atoms with E-state index in [1.165, 1.54) is 54.1 Å². The molecule has 28 heavy (non-hydrogen) atoms. The number of hydrogen-bond acceptors (Lipinski definition) is 1. The lowest BCUT2D eigenvalue weighted by atomic mass is 9.96. The quantitative estimate of drug-likeness (QED) is 0.321. The third-order valence-corrected chi connectivity index (χ3v) is 6.17. The average molecular weight is 364 g/mol. The lowest BCUT2D eigenvalue weighted by Gasteiger charge is -2.10. The summed E-state index contributed by atoms with van der Waals surface area (Å²) < 4.78 is 9.81. The van der Waals surface area contributed by atoms with Crippen molar-refractivity contribution in [2.45, 2.75) is 0 Å². The number of aryl methyl sites for hydroxylation is 2. The minimum Gasteiger partial charge on any atom is -0.482 e. The Balaban J connectivity index is 1.77. The second kappa shape index (κ2) is 5.29. The molecule has 2 aromatic heterocycles. The van der Waals surface area contributed by atoms with Crippen LogP contribution in [0.1, 0.15) is 0 Å². The second-order valence-corrected chi connectivity index (χ2v) is 7.66. The van der Waals surface area contributed by atoms with Gasteiger partial charge in [0.15, 0.2) is 5.88 Å². The van der Waals surface area contributed by atoms with Crippen LogP contribution >= 0.6 is 0 Å². The summed E-state index contributed by atoms with van der Waals surface area (Å²) in [6, 6.07) is 22.5. The number of fused-ring (bicyclic) bond motifs is 7. The smallest absolute Gasteiger partial charge is 0.193 e. The van der Waals surface area contributed by atoms with Gasteiger partial charge in [-0.15, -0.1) is 0 Å². The summed E-state index contributed by atoms with van der Waals surface area (Å²) in [6.07, 6.45) is 2.13. The van der Waals surface area contributed by atoms with E-state index in [2.05, 4.69) is 90.1 Å². The van der Waals surface area contributed by atoms with Crippen molar-refractivity contribution in [3.05, 3.63) is 66.9 Å². The van der Waals surface area contributed by atoms with E-state index < -0.39 is 0 Å². The Hall–Kier alpha value is -3.46. The van der Waals surface area contributed by atoms with Gasteiger partial charge in [0.05, 0.1) is 12.6 Å². The molecule has 0 atom stereocenters. The van der Waals surface area contributed by atoms with Crippen molar-refractivity contribution in [2.75, 3.05) is 7.11 Å². The van der Waals surface area contributed by atoms with E-state index in [-0.39, 0.29) is 0 Å². The largest absolute Gasteiger partial charge is 0.482 e. The Morgan fingerprint density at radius 3 is 1.93 bits per heavy atom. The Kier molecular flexibility index (Phi) is 2.95. The molecule has 4 aromatic carbocycles. The van der Waals surface area contributed by atoms with Crippen molar-refractivity contribution >= 4 is 54.1 Å². The molecule has 0 radical (unpaired) electrons. The van der Waals surface area contributed by atoms with Gasteiger partial charge in [-0.1, -0.05) is 24.3 Å². The maximum Gasteiger partial charge on any atom is 0.193 e. The van der Waals surface area contributed by atoms with E-state index in [0.29, 0.717) is 0 Å². The molecule has 0 aliphatic rings. The van der Waals surface area contributed by atoms with Gasteiger partial charge in [0.25, 0.3) is 0 Å². The fourth-order valence-corrected chi connectivity index (χ4v) is 4.64. The molecule has 0 bridgehead atoms. The SMILES string of the molecule is COc1cc2cc3ccc4c5cc6c(ccn6C)cc5ccc4c3cc2n1C. The molecule has 136 valence electrons. The number of ether oxygens (including phenoxy) is 1. The minimum absolute atomic E-state index is 0.881. The molecule has 0 N–H and O–H groups in total. The van der Waals surface area contributed by atoms with Crippen LogP contribution in [0.4, 0.5) is 0 Å². The predicted octanol–water partition coefficient (Wildman–Crippen LogP) is 6.14. The van der Waals surface area contributed by atoms with Gasteiger partial charge in [-0.2, -0.15) is 0 Å². The van der Waals surface area contributed by atoms with Gasteiger partial charge in [0, 0.05) is 42.6 Å². The first kappa shape index (κ1) is 15.6. The molecule has 0 aliphatic carbocycles. The van der Waals surface area contributed by atoms with Gasteiger partial charge in [-0.25, -0.2) is 0 Å². The van der Waals surface area contributed by atoms with Crippen molar-refractivity contribution in [2.24, 2.45) is 14.1 Å². The van der Waals surface area contributed by atoms with Gasteiger partial charge < -0.3 is 13.9 Å². The third-order valence-electron chi connectivity index (χ3n) is 6.17. The Morgan fingerprint density at radius 1 is 0.607 bits per heavy atom. The molecule has 0 aliphatic heterocycles. The molecule has 3 nitrogen and oxygen atoms in total. The van der Waals surface area contributed by atoms with Crippen molar-refractivity contribution in [3.8, 4) is 5.88 Å². The number of rotatable bonds is 1. The van der Waals surface area contributed by atoms with Gasteiger partial charge >= 0.3 is 0 Å². The Labute approximate surface area is 162 Å². The topological polar surface area (TPSA) is 19.1 Å². The number of methoxy groups -OCH3 is 1. The summed E-state index contributed by atoms with van der Waals surface area (Å²) in [5, 5.41) is 10.2. The van der Waals surface area contributed by atoms with Crippen LogP contribution in [0.25, 0.3) is 54.1 Å². The maximum absolute atomic E-state index is 5.51. The van der Waals surface area contributed by atoms with Gasteiger partial charge in [0.1, 0.15) is 0 Å². The van der Waals surface area contributed by atoms with Gasteiger partial charge in [0.2, 0.25) is 0 Å². The van der Waals surface area contributed by atoms with Crippen LogP contribution in [0.15, 0.2) is 66.9 Å². The van der Waals surface area contributed by atoms with E-state index in [1.807, 2.05) is 0 Å². The number of hydrogen-bond donors (Lipinski definition) is 0. The highest BCUT2D eigenvalue weighted by Crippen LogP contribution is 2.36. The van der Waals surface area contributed by atoms with Gasteiger partial charge in [-0.3, -0.25) is 0 Å². The van der Waals surface area contributed by atoms with Crippen molar-refractivity contribution in [3.63, 3.8) is 0 Å². The fraction of sp³-hybridized carbons (Fsp3) is 0.120. The van der Waals surface area contributed by atoms with Crippen LogP contribution in [0.2, 0.25) is 0 Å². The first-order valence-electron chi connectivity index (χ1n) is 9.52. The normalized spacial score (nSPS) is 12.1. The highest BCUT2D eigenvalue weighted by molar-refractivity contribution is 6.20. The molecule has 2 heterocycles. The lowest BCUT2D eigenvalue weighted by Crippen LogP contribution is -1.92. The standard InChI is InChI=1S/C25H20N2O/c1-26-9-8-17-10-15-4-6-20-19(21(15)13-23(17)26)7-5-16-11-18-12-25(28-3)27(2)24(18)14-22(16)20/h4-14H,1-3H3. The highest BCUT2D eigenvalue weighted by atomic mass is 16.5. The molecule has 0 fully saturated rings. The van der Waals surface area contributed by atoms with E-state index in [4.69, 9.17) is 4.74 Å². The number of benzene rings is 4. The number of nitrogens with zero attached hydrogens (tertiary/aromatic N) is 2. The van der Waals surface area contributed by atoms with E-state index in [1.54, 1.807) is 7.11 Å². The Morgan fingerprint density at radius 2 is 1.25 bits per heavy atom. The number of aromatic nitrogens is 2. The maximum atomic E-state index is 5.51. The van der Waals surface area contributed by atoms with Crippen LogP contribution in [0.5, 0.6) is 5.88 Å². The molecule has 0 spiro atoms. The van der Waals surface area contributed by atoms with Crippen LogP contribution in [-0.2, 0) is 14.1 Å². The summed E-state index contributed by atoms with van der Waals surface area (Å²) in [5.74, 6) is 0.881. The minimum atomic E-state index is 0.881. The summed E-state index contributed by atoms with van der Waals surface area (Å²) in [5.41, 5.74) is 2.46. The van der Waals surface area contributed by atoms with Crippen molar-refractivity contribution in [1.29, 1.82) is 0 Å². The highest BCUT2D eigenvalue weighted by Gasteiger charge is 2.11. The summed E-state index contributed by atoms with van der Waals surface area (Å²) in [7, 11) is 5.88. The zero-order valence-electron chi connectivity index (χ0n) is 16.2. The van der Waals surface area contributed by atoms with Crippen LogP contribution in [0, 0.1) is 0 Å². The molecular weight excluding hydrogens is 344 g/mol. The molecule has 0 saturated carbocycles. The second-order valence-electron chi connectivity index (χ2n) is 7.66. The van der Waals surface area contributed by atoms with E-state index in [9.17, 15) is 0 Å². The zero-order valence-corrected chi connectivity index (χ0v) is 16.2. The molecule has 0 saturated heterocycles. The molecule has 6 aromatic rings. The summed E-state index contributed by atoms with van der Waals surface area (Å²) >= 11 is 0. The summed E-state index contributed by atoms with van der Waals surface area (Å²) in [4.78, 5) is 0. The van der Waals surface area contributed by atoms with Gasteiger partial charge in [-0.05, 0) is 62.6 Å². The average Bonchev–Trinajstić information content (AvgIpc) is 3.23. The van der Waals surface area contributed by atoms with E-state index in [0.717, 1.165) is 5.88 Å². The van der Waals surface area contributed by atoms with Crippen LogP contribution in [0.3, 0.4) is 0 Å². The molecule has 0 amide bonds. The molecule has 3 heteroatoms. The molecular formula is C25H20N2O. The molecule has 0 unspecified atom stereocenters.